The summed E-state index contributed by atoms with van der Waals surface area (Å²) in [5.74, 6) is 2.37. The molecule has 0 radical (unpaired) electrons. The third-order valence-corrected chi connectivity index (χ3v) is 3.12. The average Bonchev–Trinajstić information content (AvgIpc) is 2.70. The normalized spacial score (nSPS) is 17.9. The summed E-state index contributed by atoms with van der Waals surface area (Å²) in [4.78, 5) is 6.90. The van der Waals surface area contributed by atoms with Crippen molar-refractivity contribution in [3.05, 3.63) is 11.6 Å². The number of aromatic nitrogens is 3. The molecule has 1 saturated heterocycles. The van der Waals surface area contributed by atoms with Crippen LogP contribution >= 0.6 is 0 Å². The number of rotatable bonds is 4. The van der Waals surface area contributed by atoms with Crippen molar-refractivity contribution < 1.29 is 4.74 Å². The Bertz CT molecular complexity index is 355. The van der Waals surface area contributed by atoms with E-state index in [2.05, 4.69) is 28.8 Å². The molecule has 0 aliphatic carbocycles. The topological polar surface area (TPSA) is 43.2 Å². The maximum Gasteiger partial charge on any atom is 0.153 e. The summed E-state index contributed by atoms with van der Waals surface area (Å²) in [6.45, 7) is 12.0. The highest BCUT2D eigenvalue weighted by atomic mass is 16.5. The van der Waals surface area contributed by atoms with Gasteiger partial charge in [-0.3, -0.25) is 4.90 Å². The fourth-order valence-electron chi connectivity index (χ4n) is 1.96. The van der Waals surface area contributed by atoms with E-state index in [9.17, 15) is 0 Å². The number of morpholine rings is 1. The van der Waals surface area contributed by atoms with Crippen LogP contribution in [0.4, 0.5) is 0 Å². The molecule has 96 valence electrons. The molecule has 1 aliphatic rings. The van der Waals surface area contributed by atoms with E-state index in [0.717, 1.165) is 51.0 Å². The van der Waals surface area contributed by atoms with E-state index in [1.807, 2.05) is 11.6 Å². The smallest absolute Gasteiger partial charge is 0.153 e. The Morgan fingerprint density at radius 2 is 1.94 bits per heavy atom. The Morgan fingerprint density at radius 1 is 1.24 bits per heavy atom. The van der Waals surface area contributed by atoms with E-state index in [4.69, 9.17) is 4.74 Å². The summed E-state index contributed by atoms with van der Waals surface area (Å²) < 4.78 is 7.35. The molecule has 0 bridgehead atoms. The van der Waals surface area contributed by atoms with Crippen molar-refractivity contribution in [3.8, 4) is 0 Å². The first-order chi connectivity index (χ1) is 8.16. The van der Waals surface area contributed by atoms with Crippen molar-refractivity contribution in [2.24, 2.45) is 0 Å². The lowest BCUT2D eigenvalue weighted by Gasteiger charge is -2.26. The third kappa shape index (κ3) is 3.26. The van der Waals surface area contributed by atoms with Crippen LogP contribution in [0.25, 0.3) is 0 Å². The second kappa shape index (κ2) is 5.60. The van der Waals surface area contributed by atoms with Gasteiger partial charge in [0.1, 0.15) is 5.82 Å². The van der Waals surface area contributed by atoms with Gasteiger partial charge in [0.15, 0.2) is 5.82 Å². The molecule has 2 heterocycles. The van der Waals surface area contributed by atoms with Gasteiger partial charge < -0.3 is 4.74 Å². The molecule has 17 heavy (non-hydrogen) atoms. The Morgan fingerprint density at radius 3 is 2.53 bits per heavy atom. The van der Waals surface area contributed by atoms with Gasteiger partial charge in [-0.05, 0) is 6.92 Å². The van der Waals surface area contributed by atoms with Crippen LogP contribution in [0, 0.1) is 6.92 Å². The average molecular weight is 238 g/mol. The van der Waals surface area contributed by atoms with Crippen LogP contribution in [-0.4, -0.2) is 52.5 Å². The van der Waals surface area contributed by atoms with Crippen molar-refractivity contribution in [3.63, 3.8) is 0 Å². The highest BCUT2D eigenvalue weighted by Crippen LogP contribution is 2.09. The highest BCUT2D eigenvalue weighted by Gasteiger charge is 2.12. The molecular weight excluding hydrogens is 216 g/mol. The summed E-state index contributed by atoms with van der Waals surface area (Å²) in [6.07, 6.45) is 0. The molecule has 2 rings (SSSR count). The number of ether oxygens (including phenoxy) is 1. The highest BCUT2D eigenvalue weighted by molar-refractivity contribution is 4.95. The molecule has 5 nitrogen and oxygen atoms in total. The van der Waals surface area contributed by atoms with E-state index in [0.29, 0.717) is 5.92 Å². The lowest BCUT2D eigenvalue weighted by atomic mass is 10.2. The van der Waals surface area contributed by atoms with E-state index < -0.39 is 0 Å². The molecule has 0 aromatic carbocycles. The van der Waals surface area contributed by atoms with Gasteiger partial charge in [-0.25, -0.2) is 9.67 Å². The van der Waals surface area contributed by atoms with Gasteiger partial charge >= 0.3 is 0 Å². The number of hydrogen-bond donors (Lipinski definition) is 0. The first kappa shape index (κ1) is 12.5. The predicted octanol–water partition coefficient (Wildman–Crippen LogP) is 1.04. The van der Waals surface area contributed by atoms with Crippen molar-refractivity contribution in [1.29, 1.82) is 0 Å². The molecule has 0 saturated carbocycles. The molecule has 1 fully saturated rings. The summed E-state index contributed by atoms with van der Waals surface area (Å²) in [6, 6.07) is 0. The maximum atomic E-state index is 5.33. The van der Waals surface area contributed by atoms with Crippen molar-refractivity contribution >= 4 is 0 Å². The zero-order valence-corrected chi connectivity index (χ0v) is 11.0. The quantitative estimate of drug-likeness (QED) is 0.786. The monoisotopic (exact) mass is 238 g/mol. The maximum absolute atomic E-state index is 5.33. The molecule has 0 atom stereocenters. The Hall–Kier alpha value is -0.940. The van der Waals surface area contributed by atoms with E-state index in [1.165, 1.54) is 0 Å². The fraction of sp³-hybridized carbons (Fsp3) is 0.833. The Labute approximate surface area is 103 Å². The summed E-state index contributed by atoms with van der Waals surface area (Å²) >= 11 is 0. The van der Waals surface area contributed by atoms with Gasteiger partial charge in [-0.15, -0.1) is 0 Å². The van der Waals surface area contributed by atoms with Crippen molar-refractivity contribution in [2.75, 3.05) is 32.8 Å². The standard InChI is InChI=1S/C12H22N4O/c1-10(2)12-13-11(3)16(14-12)5-4-15-6-8-17-9-7-15/h10H,4-9H2,1-3H3. The number of aryl methyl sites for hydroxylation is 1. The number of hydrogen-bond acceptors (Lipinski definition) is 4. The third-order valence-electron chi connectivity index (χ3n) is 3.12. The van der Waals surface area contributed by atoms with Crippen LogP contribution in [0.5, 0.6) is 0 Å². The molecule has 0 spiro atoms. The van der Waals surface area contributed by atoms with E-state index in [-0.39, 0.29) is 0 Å². The molecule has 1 aromatic rings. The minimum atomic E-state index is 0.401. The fourth-order valence-corrected chi connectivity index (χ4v) is 1.96. The molecule has 1 aliphatic heterocycles. The van der Waals surface area contributed by atoms with Gasteiger partial charge in [-0.1, -0.05) is 13.8 Å². The van der Waals surface area contributed by atoms with Crippen LogP contribution in [-0.2, 0) is 11.3 Å². The lowest BCUT2D eigenvalue weighted by molar-refractivity contribution is 0.0359. The minimum Gasteiger partial charge on any atom is -0.379 e. The van der Waals surface area contributed by atoms with Crippen LogP contribution in [0.15, 0.2) is 0 Å². The van der Waals surface area contributed by atoms with Gasteiger partial charge in [0.25, 0.3) is 0 Å². The Kier molecular flexibility index (Phi) is 4.12. The van der Waals surface area contributed by atoms with E-state index >= 15 is 0 Å². The van der Waals surface area contributed by atoms with Crippen LogP contribution in [0.1, 0.15) is 31.4 Å². The first-order valence-corrected chi connectivity index (χ1v) is 6.38. The summed E-state index contributed by atoms with van der Waals surface area (Å²) in [5.41, 5.74) is 0. The largest absolute Gasteiger partial charge is 0.379 e. The van der Waals surface area contributed by atoms with E-state index in [1.54, 1.807) is 0 Å². The molecule has 5 heteroatoms. The summed E-state index contributed by atoms with van der Waals surface area (Å²) in [7, 11) is 0. The molecule has 0 amide bonds. The Balaban J connectivity index is 1.89. The number of nitrogens with zero attached hydrogens (tertiary/aromatic N) is 4. The predicted molar refractivity (Wildman–Crippen MR) is 66.1 cm³/mol. The minimum absolute atomic E-state index is 0.401. The second-order valence-electron chi connectivity index (χ2n) is 4.85. The van der Waals surface area contributed by atoms with Crippen molar-refractivity contribution in [1.82, 2.24) is 19.7 Å². The molecule has 0 N–H and O–H groups in total. The first-order valence-electron chi connectivity index (χ1n) is 6.38. The van der Waals surface area contributed by atoms with Crippen LogP contribution in [0.2, 0.25) is 0 Å². The van der Waals surface area contributed by atoms with Crippen molar-refractivity contribution in [2.45, 2.75) is 33.2 Å². The molecule has 0 unspecified atom stereocenters. The zero-order chi connectivity index (χ0) is 12.3. The SMILES string of the molecule is Cc1nc(C(C)C)nn1CCN1CCOCC1. The molecule has 1 aromatic heterocycles. The van der Waals surface area contributed by atoms with Crippen LogP contribution < -0.4 is 0 Å². The van der Waals surface area contributed by atoms with Crippen LogP contribution in [0.3, 0.4) is 0 Å². The second-order valence-corrected chi connectivity index (χ2v) is 4.85. The van der Waals surface area contributed by atoms with Gasteiger partial charge in [0.05, 0.1) is 19.8 Å². The lowest BCUT2D eigenvalue weighted by Crippen LogP contribution is -2.38. The van der Waals surface area contributed by atoms with Gasteiger partial charge in [0, 0.05) is 25.6 Å². The van der Waals surface area contributed by atoms with Gasteiger partial charge in [-0.2, -0.15) is 5.10 Å². The van der Waals surface area contributed by atoms with Gasteiger partial charge in [0.2, 0.25) is 0 Å². The zero-order valence-electron chi connectivity index (χ0n) is 11.0. The summed E-state index contributed by atoms with van der Waals surface area (Å²) in [5, 5.41) is 4.54. The molecular formula is C12H22N4O.